The van der Waals surface area contributed by atoms with Crippen LogP contribution in [0.15, 0.2) is 23.4 Å². The van der Waals surface area contributed by atoms with E-state index >= 15 is 0 Å². The van der Waals surface area contributed by atoms with Crippen molar-refractivity contribution < 1.29 is 9.53 Å². The van der Waals surface area contributed by atoms with Crippen LogP contribution in [0.2, 0.25) is 5.02 Å². The lowest BCUT2D eigenvalue weighted by Crippen LogP contribution is -2.26. The maximum Gasteiger partial charge on any atom is 0.254 e. The van der Waals surface area contributed by atoms with Gasteiger partial charge in [-0.1, -0.05) is 36.2 Å². The van der Waals surface area contributed by atoms with Gasteiger partial charge in [-0.2, -0.15) is 0 Å². The van der Waals surface area contributed by atoms with Gasteiger partial charge in [-0.15, -0.1) is 0 Å². The van der Waals surface area contributed by atoms with Gasteiger partial charge in [0.15, 0.2) is 0 Å². The molecule has 2 N–H and O–H groups in total. The van der Waals surface area contributed by atoms with E-state index < -0.39 is 0 Å². The van der Waals surface area contributed by atoms with Gasteiger partial charge in [-0.3, -0.25) is 4.79 Å². The van der Waals surface area contributed by atoms with E-state index in [0.29, 0.717) is 40.2 Å². The molecule has 0 aromatic heterocycles. The number of hydrogen-bond acceptors (Lipinski definition) is 3. The largest absolute Gasteiger partial charge is 0.492 e. The summed E-state index contributed by atoms with van der Waals surface area (Å²) in [5.74, 6) is 0.369. The zero-order valence-electron chi connectivity index (χ0n) is 12.5. The van der Waals surface area contributed by atoms with Gasteiger partial charge in [-0.25, -0.2) is 0 Å². The number of carbonyl (C=O) groups excluding carboxylic acids is 1. The third-order valence-electron chi connectivity index (χ3n) is 3.30. The van der Waals surface area contributed by atoms with E-state index in [0.717, 1.165) is 25.8 Å². The molecule has 1 aliphatic rings. The molecule has 6 heteroatoms. The summed E-state index contributed by atoms with van der Waals surface area (Å²) >= 11 is 12.4. The first kappa shape index (κ1) is 17.0. The second-order valence-corrected chi connectivity index (χ2v) is 5.86. The summed E-state index contributed by atoms with van der Waals surface area (Å²) in [6.07, 6.45) is 2.75. The Hall–Kier alpha value is -1.39. The molecule has 1 aliphatic heterocycles. The molecular formula is C16H20Cl2N2O2. The molecule has 0 aliphatic carbocycles. The number of rotatable bonds is 4. The van der Waals surface area contributed by atoms with Crippen molar-refractivity contribution in [1.82, 2.24) is 10.6 Å². The highest BCUT2D eigenvalue weighted by Crippen LogP contribution is 2.30. The number of halogens is 2. The average Bonchev–Trinajstić information content (AvgIpc) is 2.58. The van der Waals surface area contributed by atoms with Gasteiger partial charge in [0, 0.05) is 13.1 Å². The molecular weight excluding hydrogens is 323 g/mol. The molecule has 1 aromatic carbocycles. The van der Waals surface area contributed by atoms with Gasteiger partial charge in [0.1, 0.15) is 10.9 Å². The fraction of sp³-hybridized carbons (Fsp3) is 0.438. The molecule has 2 rings (SSSR count). The van der Waals surface area contributed by atoms with E-state index in [4.69, 9.17) is 27.9 Å². The molecule has 1 aromatic rings. The summed E-state index contributed by atoms with van der Waals surface area (Å²) in [5.41, 5.74) is 1.11. The fourth-order valence-corrected chi connectivity index (χ4v) is 2.63. The van der Waals surface area contributed by atoms with Crippen LogP contribution in [0.25, 0.3) is 5.57 Å². The minimum Gasteiger partial charge on any atom is -0.492 e. The standard InChI is InChI=1S/C16H20Cl2N2O2/c1-2-9-22-13-10-11(5-6-12(13)17)14-15(18)19-7-3-4-8-20-16(14)21/h5-6,10,19H,2-4,7-9H2,1H3,(H,20,21)/b15-14-. The lowest BCUT2D eigenvalue weighted by molar-refractivity contribution is -0.115. The Kier molecular flexibility index (Phi) is 6.40. The van der Waals surface area contributed by atoms with Crippen molar-refractivity contribution in [1.29, 1.82) is 0 Å². The molecule has 0 saturated carbocycles. The van der Waals surface area contributed by atoms with Crippen molar-refractivity contribution in [2.45, 2.75) is 26.2 Å². The Bertz CT molecular complexity index is 573. The van der Waals surface area contributed by atoms with Crippen LogP contribution < -0.4 is 15.4 Å². The van der Waals surface area contributed by atoms with Crippen LogP contribution in [0.1, 0.15) is 31.7 Å². The minimum atomic E-state index is -0.192. The molecule has 4 nitrogen and oxygen atoms in total. The topological polar surface area (TPSA) is 50.4 Å². The first-order chi connectivity index (χ1) is 10.6. The van der Waals surface area contributed by atoms with Gasteiger partial charge in [0.25, 0.3) is 5.91 Å². The van der Waals surface area contributed by atoms with Gasteiger partial charge in [0.05, 0.1) is 17.2 Å². The third-order valence-corrected chi connectivity index (χ3v) is 3.93. The van der Waals surface area contributed by atoms with Crippen LogP contribution in [0.4, 0.5) is 0 Å². The number of nitrogens with one attached hydrogen (secondary N) is 2. The molecule has 0 atom stereocenters. The van der Waals surface area contributed by atoms with E-state index in [9.17, 15) is 4.79 Å². The summed E-state index contributed by atoms with van der Waals surface area (Å²) in [6, 6.07) is 5.26. The quantitative estimate of drug-likeness (QED) is 0.823. The normalized spacial score (nSPS) is 19.5. The van der Waals surface area contributed by atoms with Crippen LogP contribution in [0.3, 0.4) is 0 Å². The van der Waals surface area contributed by atoms with Crippen LogP contribution >= 0.6 is 23.2 Å². The number of carbonyl (C=O) groups is 1. The first-order valence-electron chi connectivity index (χ1n) is 7.48. The molecule has 0 bridgehead atoms. The Morgan fingerprint density at radius 3 is 2.64 bits per heavy atom. The van der Waals surface area contributed by atoms with Crippen molar-refractivity contribution in [2.75, 3.05) is 19.7 Å². The van der Waals surface area contributed by atoms with Gasteiger partial charge >= 0.3 is 0 Å². The van der Waals surface area contributed by atoms with E-state index in [1.807, 2.05) is 6.92 Å². The van der Waals surface area contributed by atoms with Gasteiger partial charge < -0.3 is 15.4 Å². The van der Waals surface area contributed by atoms with E-state index in [2.05, 4.69) is 10.6 Å². The second kappa shape index (κ2) is 8.30. The third kappa shape index (κ3) is 4.31. The van der Waals surface area contributed by atoms with Crippen molar-refractivity contribution in [2.24, 2.45) is 0 Å². The first-order valence-corrected chi connectivity index (χ1v) is 8.23. The molecule has 0 spiro atoms. The van der Waals surface area contributed by atoms with Crippen molar-refractivity contribution >= 4 is 34.7 Å². The summed E-state index contributed by atoms with van der Waals surface area (Å²) in [7, 11) is 0. The minimum absolute atomic E-state index is 0.192. The Morgan fingerprint density at radius 1 is 1.18 bits per heavy atom. The molecule has 22 heavy (non-hydrogen) atoms. The summed E-state index contributed by atoms with van der Waals surface area (Å²) in [5, 5.41) is 6.85. The monoisotopic (exact) mass is 342 g/mol. The average molecular weight is 343 g/mol. The maximum atomic E-state index is 12.4. The van der Waals surface area contributed by atoms with Crippen LogP contribution in [-0.4, -0.2) is 25.6 Å². The highest BCUT2D eigenvalue weighted by atomic mass is 35.5. The summed E-state index contributed by atoms with van der Waals surface area (Å²) in [6.45, 7) is 3.97. The van der Waals surface area contributed by atoms with E-state index in [1.54, 1.807) is 18.2 Å². The smallest absolute Gasteiger partial charge is 0.254 e. The second-order valence-electron chi connectivity index (χ2n) is 5.07. The van der Waals surface area contributed by atoms with E-state index in [1.165, 1.54) is 0 Å². The lowest BCUT2D eigenvalue weighted by Gasteiger charge is -2.13. The van der Waals surface area contributed by atoms with E-state index in [-0.39, 0.29) is 5.91 Å². The number of hydrogen-bond donors (Lipinski definition) is 2. The zero-order chi connectivity index (χ0) is 15.9. The van der Waals surface area contributed by atoms with Crippen LogP contribution in [0.5, 0.6) is 5.75 Å². The van der Waals surface area contributed by atoms with Crippen LogP contribution in [-0.2, 0) is 4.79 Å². The number of amides is 1. The summed E-state index contributed by atoms with van der Waals surface area (Å²) in [4.78, 5) is 12.4. The van der Waals surface area contributed by atoms with Crippen molar-refractivity contribution in [3.8, 4) is 5.75 Å². The Morgan fingerprint density at radius 2 is 1.91 bits per heavy atom. The Balaban J connectivity index is 2.37. The molecule has 120 valence electrons. The highest BCUT2D eigenvalue weighted by Gasteiger charge is 2.19. The highest BCUT2D eigenvalue weighted by molar-refractivity contribution is 6.39. The lowest BCUT2D eigenvalue weighted by atomic mass is 10.1. The summed E-state index contributed by atoms with van der Waals surface area (Å²) < 4.78 is 5.62. The molecule has 0 saturated heterocycles. The van der Waals surface area contributed by atoms with Crippen molar-refractivity contribution in [3.63, 3.8) is 0 Å². The van der Waals surface area contributed by atoms with Crippen molar-refractivity contribution in [3.05, 3.63) is 33.9 Å². The SMILES string of the molecule is CCCOc1cc(/C2=C(\Cl)NCCCCNC2=O)ccc1Cl. The number of ether oxygens (including phenoxy) is 1. The van der Waals surface area contributed by atoms with Gasteiger partial charge in [-0.05, 0) is 37.0 Å². The molecule has 1 heterocycles. The number of benzene rings is 1. The predicted octanol–water partition coefficient (Wildman–Crippen LogP) is 3.54. The Labute approximate surface area is 140 Å². The predicted molar refractivity (Wildman–Crippen MR) is 90.3 cm³/mol. The molecule has 0 unspecified atom stereocenters. The van der Waals surface area contributed by atoms with Crippen LogP contribution in [0, 0.1) is 0 Å². The van der Waals surface area contributed by atoms with Gasteiger partial charge in [0.2, 0.25) is 0 Å². The molecule has 1 amide bonds. The fourth-order valence-electron chi connectivity index (χ4n) is 2.17. The maximum absolute atomic E-state index is 12.4. The molecule has 0 fully saturated rings. The zero-order valence-corrected chi connectivity index (χ0v) is 14.1. The molecule has 0 radical (unpaired) electrons.